The molecule has 39 heavy (non-hydrogen) atoms. The largest absolute Gasteiger partial charge is 0.352 e. The topological polar surface area (TPSA) is 86.8 Å². The predicted octanol–water partition coefficient (Wildman–Crippen LogP) is 5.40. The Kier molecular flexibility index (Phi) is 9.64. The van der Waals surface area contributed by atoms with Crippen LogP contribution in [0, 0.1) is 0 Å². The lowest BCUT2D eigenvalue weighted by Crippen LogP contribution is -2.53. The lowest BCUT2D eigenvalue weighted by molar-refractivity contribution is -0.139. The number of carbonyl (C=O) groups excluding carboxylic acids is 2. The molecule has 1 atom stereocenters. The molecule has 1 saturated carbocycles. The van der Waals surface area contributed by atoms with E-state index < -0.39 is 28.5 Å². The smallest absolute Gasteiger partial charge is 0.264 e. The van der Waals surface area contributed by atoms with Crippen molar-refractivity contribution in [3.05, 3.63) is 95.5 Å². The van der Waals surface area contributed by atoms with Crippen molar-refractivity contribution in [3.8, 4) is 0 Å². The number of sulfonamides is 1. The Labute approximate surface area is 235 Å². The van der Waals surface area contributed by atoms with Crippen molar-refractivity contribution in [1.82, 2.24) is 10.2 Å². The average Bonchev–Trinajstić information content (AvgIpc) is 2.95. The number of carbonyl (C=O) groups is 2. The molecule has 4 rings (SSSR count). The van der Waals surface area contributed by atoms with Gasteiger partial charge in [-0.25, -0.2) is 8.42 Å². The molecule has 0 heterocycles. The van der Waals surface area contributed by atoms with Gasteiger partial charge in [0.05, 0.1) is 10.6 Å². The third-order valence-electron chi connectivity index (χ3n) is 7.02. The Balaban J connectivity index is 1.65. The fraction of sp³-hybridized carbons (Fsp3) is 0.333. The quantitative estimate of drug-likeness (QED) is 0.355. The highest BCUT2D eigenvalue weighted by molar-refractivity contribution is 7.92. The highest BCUT2D eigenvalue weighted by atomic mass is 35.5. The number of amides is 2. The van der Waals surface area contributed by atoms with Crippen molar-refractivity contribution < 1.29 is 18.0 Å². The van der Waals surface area contributed by atoms with E-state index in [0.29, 0.717) is 10.7 Å². The SMILES string of the molecule is C[C@H](C(=O)NC1CCCCC1)N(Cc1cccc(Cl)c1)C(=O)CN(c1ccccc1)S(=O)(=O)c1ccccc1. The van der Waals surface area contributed by atoms with Gasteiger partial charge in [0.2, 0.25) is 11.8 Å². The third-order valence-corrected chi connectivity index (χ3v) is 9.04. The number of rotatable bonds is 10. The zero-order valence-electron chi connectivity index (χ0n) is 22.0. The van der Waals surface area contributed by atoms with Crippen LogP contribution in [0.3, 0.4) is 0 Å². The van der Waals surface area contributed by atoms with Crippen molar-refractivity contribution in [2.75, 3.05) is 10.8 Å². The normalized spacial score (nSPS) is 14.8. The first-order valence-electron chi connectivity index (χ1n) is 13.2. The first-order chi connectivity index (χ1) is 18.8. The molecule has 3 aromatic rings. The van der Waals surface area contributed by atoms with E-state index in [4.69, 9.17) is 11.6 Å². The molecule has 0 spiro atoms. The molecule has 2 amide bonds. The first-order valence-corrected chi connectivity index (χ1v) is 15.0. The molecular formula is C30H34ClN3O4S. The number of anilines is 1. The minimum Gasteiger partial charge on any atom is -0.352 e. The van der Waals surface area contributed by atoms with Gasteiger partial charge in [-0.2, -0.15) is 0 Å². The van der Waals surface area contributed by atoms with Gasteiger partial charge in [-0.15, -0.1) is 0 Å². The fourth-order valence-electron chi connectivity index (χ4n) is 4.83. The van der Waals surface area contributed by atoms with Crippen LogP contribution in [-0.2, 0) is 26.2 Å². The minimum atomic E-state index is -4.07. The van der Waals surface area contributed by atoms with Crippen LogP contribution in [0.5, 0.6) is 0 Å². The van der Waals surface area contributed by atoms with Crippen molar-refractivity contribution in [3.63, 3.8) is 0 Å². The van der Waals surface area contributed by atoms with E-state index in [0.717, 1.165) is 42.0 Å². The van der Waals surface area contributed by atoms with Crippen molar-refractivity contribution in [1.29, 1.82) is 0 Å². The number of nitrogens with zero attached hydrogens (tertiary/aromatic N) is 2. The lowest BCUT2D eigenvalue weighted by Gasteiger charge is -2.33. The van der Waals surface area contributed by atoms with Crippen molar-refractivity contribution in [2.45, 2.75) is 62.6 Å². The Bertz CT molecular complexity index is 1360. The van der Waals surface area contributed by atoms with Gasteiger partial charge in [0.1, 0.15) is 12.6 Å². The molecule has 7 nitrogen and oxygen atoms in total. The summed E-state index contributed by atoms with van der Waals surface area (Å²) in [6.45, 7) is 1.31. The highest BCUT2D eigenvalue weighted by Crippen LogP contribution is 2.25. The van der Waals surface area contributed by atoms with Gasteiger partial charge in [-0.3, -0.25) is 13.9 Å². The predicted molar refractivity (Wildman–Crippen MR) is 154 cm³/mol. The van der Waals surface area contributed by atoms with E-state index in [9.17, 15) is 18.0 Å². The number of para-hydroxylation sites is 1. The molecule has 9 heteroatoms. The van der Waals surface area contributed by atoms with Crippen LogP contribution < -0.4 is 9.62 Å². The summed E-state index contributed by atoms with van der Waals surface area (Å²) in [7, 11) is -4.07. The van der Waals surface area contributed by atoms with Crippen LogP contribution >= 0.6 is 11.6 Å². The second-order valence-corrected chi connectivity index (χ2v) is 12.1. The molecule has 0 unspecified atom stereocenters. The van der Waals surface area contributed by atoms with Crippen molar-refractivity contribution >= 4 is 39.1 Å². The molecular weight excluding hydrogens is 534 g/mol. The van der Waals surface area contributed by atoms with Crippen LogP contribution in [0.25, 0.3) is 0 Å². The van der Waals surface area contributed by atoms with Gasteiger partial charge in [0.15, 0.2) is 0 Å². The molecule has 0 radical (unpaired) electrons. The summed E-state index contributed by atoms with van der Waals surface area (Å²) in [6.07, 6.45) is 5.11. The number of nitrogens with one attached hydrogen (secondary N) is 1. The maximum Gasteiger partial charge on any atom is 0.264 e. The van der Waals surface area contributed by atoms with Crippen LogP contribution in [0.2, 0.25) is 5.02 Å². The maximum absolute atomic E-state index is 13.9. The summed E-state index contributed by atoms with van der Waals surface area (Å²) in [5.74, 6) is -0.751. The minimum absolute atomic E-state index is 0.0751. The molecule has 0 aromatic heterocycles. The summed E-state index contributed by atoms with van der Waals surface area (Å²) < 4.78 is 28.5. The fourth-order valence-corrected chi connectivity index (χ4v) is 6.47. The maximum atomic E-state index is 13.9. The van der Waals surface area contributed by atoms with Gasteiger partial charge in [-0.05, 0) is 61.7 Å². The average molecular weight is 568 g/mol. The third kappa shape index (κ3) is 7.40. The Morgan fingerprint density at radius 1 is 0.923 bits per heavy atom. The highest BCUT2D eigenvalue weighted by Gasteiger charge is 2.33. The van der Waals surface area contributed by atoms with Crippen LogP contribution in [-0.4, -0.2) is 43.8 Å². The van der Waals surface area contributed by atoms with Gasteiger partial charge in [0.25, 0.3) is 10.0 Å². The van der Waals surface area contributed by atoms with E-state index in [2.05, 4.69) is 5.32 Å². The van der Waals surface area contributed by atoms with E-state index >= 15 is 0 Å². The van der Waals surface area contributed by atoms with E-state index in [1.807, 2.05) is 6.07 Å². The number of hydrogen-bond donors (Lipinski definition) is 1. The second-order valence-electron chi connectivity index (χ2n) is 9.83. The van der Waals surface area contributed by atoms with Gasteiger partial charge < -0.3 is 10.2 Å². The van der Waals surface area contributed by atoms with Gasteiger partial charge in [0, 0.05) is 17.6 Å². The molecule has 3 aromatic carbocycles. The van der Waals surface area contributed by atoms with E-state index in [1.54, 1.807) is 73.7 Å². The number of hydrogen-bond acceptors (Lipinski definition) is 4. The van der Waals surface area contributed by atoms with E-state index in [1.165, 1.54) is 17.0 Å². The summed E-state index contributed by atoms with van der Waals surface area (Å²) in [5.41, 5.74) is 1.10. The first kappa shape index (κ1) is 28.6. The monoisotopic (exact) mass is 567 g/mol. The molecule has 0 aliphatic heterocycles. The van der Waals surface area contributed by atoms with Crippen LogP contribution in [0.1, 0.15) is 44.6 Å². The van der Waals surface area contributed by atoms with Gasteiger partial charge >= 0.3 is 0 Å². The molecule has 1 fully saturated rings. The molecule has 206 valence electrons. The standard InChI is InChI=1S/C30H34ClN3O4S/c1-23(30(36)32-26-14-5-2-6-15-26)33(21-24-12-11-13-25(31)20-24)29(35)22-34(27-16-7-3-8-17-27)39(37,38)28-18-9-4-10-19-28/h3-4,7-13,16-20,23,26H,2,5-6,14-15,21-22H2,1H3,(H,32,36)/t23-/m1/s1. The molecule has 1 aliphatic rings. The number of halogens is 1. The van der Waals surface area contributed by atoms with Gasteiger partial charge in [-0.1, -0.05) is 79.4 Å². The summed E-state index contributed by atoms with van der Waals surface area (Å²) in [5, 5.41) is 3.61. The zero-order valence-corrected chi connectivity index (χ0v) is 23.6. The molecule has 0 bridgehead atoms. The summed E-state index contributed by atoms with van der Waals surface area (Å²) >= 11 is 6.20. The molecule has 1 aliphatic carbocycles. The van der Waals surface area contributed by atoms with Crippen LogP contribution in [0.15, 0.2) is 89.8 Å². The summed E-state index contributed by atoms with van der Waals surface area (Å²) in [6, 6.07) is 22.9. The van der Waals surface area contributed by atoms with Crippen molar-refractivity contribution in [2.24, 2.45) is 0 Å². The second kappa shape index (κ2) is 13.1. The number of benzene rings is 3. The summed E-state index contributed by atoms with van der Waals surface area (Å²) in [4.78, 5) is 28.8. The Morgan fingerprint density at radius 3 is 2.21 bits per heavy atom. The zero-order chi connectivity index (χ0) is 27.8. The van der Waals surface area contributed by atoms with Crippen LogP contribution in [0.4, 0.5) is 5.69 Å². The Hall–Kier alpha value is -3.36. The Morgan fingerprint density at radius 2 is 1.56 bits per heavy atom. The lowest BCUT2D eigenvalue weighted by atomic mass is 9.95. The molecule has 0 saturated heterocycles. The molecule has 1 N–H and O–H groups in total. The van der Waals surface area contributed by atoms with E-state index in [-0.39, 0.29) is 23.4 Å².